The highest BCUT2D eigenvalue weighted by atomic mass is 35.5. The number of carbonyl (C=O) groups excluding carboxylic acids is 1. The highest BCUT2D eigenvalue weighted by Gasteiger charge is 2.27. The summed E-state index contributed by atoms with van der Waals surface area (Å²) in [6.45, 7) is -0.620. The van der Waals surface area contributed by atoms with Crippen molar-refractivity contribution in [1.29, 1.82) is 0 Å². The van der Waals surface area contributed by atoms with Crippen molar-refractivity contribution in [2.24, 2.45) is 5.10 Å². The second kappa shape index (κ2) is 11.2. The molecule has 1 N–H and O–H groups in total. The van der Waals surface area contributed by atoms with Gasteiger partial charge in [0.05, 0.1) is 28.8 Å². The maximum absolute atomic E-state index is 13.3. The first-order chi connectivity index (χ1) is 16.6. The van der Waals surface area contributed by atoms with Gasteiger partial charge in [-0.15, -0.1) is 0 Å². The van der Waals surface area contributed by atoms with Crippen molar-refractivity contribution in [3.8, 4) is 5.75 Å². The van der Waals surface area contributed by atoms with Gasteiger partial charge in [0.2, 0.25) is 0 Å². The lowest BCUT2D eigenvalue weighted by Crippen LogP contribution is -2.39. The van der Waals surface area contributed by atoms with Crippen molar-refractivity contribution in [1.82, 2.24) is 5.43 Å². The van der Waals surface area contributed by atoms with E-state index in [9.17, 15) is 23.3 Å². The Hall–Kier alpha value is -3.67. The number of nitro groups is 1. The van der Waals surface area contributed by atoms with Gasteiger partial charge in [-0.25, -0.2) is 13.8 Å². The molecular formula is C22H18Cl2N4O6S. The summed E-state index contributed by atoms with van der Waals surface area (Å²) in [4.78, 5) is 23.1. The molecule has 0 aliphatic heterocycles. The second-order valence-corrected chi connectivity index (χ2v) is 9.66. The van der Waals surface area contributed by atoms with E-state index in [1.54, 1.807) is 12.1 Å². The van der Waals surface area contributed by atoms with Crippen molar-refractivity contribution < 1.29 is 22.9 Å². The monoisotopic (exact) mass is 536 g/mol. The minimum Gasteiger partial charge on any atom is -0.490 e. The zero-order chi connectivity index (χ0) is 25.6. The van der Waals surface area contributed by atoms with Gasteiger partial charge in [-0.05, 0) is 54.6 Å². The molecule has 0 aromatic heterocycles. The molecule has 0 fully saturated rings. The molecule has 0 atom stereocenters. The minimum atomic E-state index is -4.17. The zero-order valence-corrected chi connectivity index (χ0v) is 20.4. The van der Waals surface area contributed by atoms with Crippen LogP contribution >= 0.6 is 23.2 Å². The fourth-order valence-electron chi connectivity index (χ4n) is 2.95. The van der Waals surface area contributed by atoms with E-state index < -0.39 is 27.4 Å². The summed E-state index contributed by atoms with van der Waals surface area (Å²) in [6.07, 6.45) is 1.18. The summed E-state index contributed by atoms with van der Waals surface area (Å²) in [6, 6.07) is 15.6. The van der Waals surface area contributed by atoms with Gasteiger partial charge in [-0.3, -0.25) is 19.2 Å². The average molecular weight is 537 g/mol. The van der Waals surface area contributed by atoms with Crippen LogP contribution in [0.5, 0.6) is 5.75 Å². The summed E-state index contributed by atoms with van der Waals surface area (Å²) in [5.74, 6) is -0.692. The molecular weight excluding hydrogens is 519 g/mol. The molecule has 13 heteroatoms. The van der Waals surface area contributed by atoms with Gasteiger partial charge in [0.25, 0.3) is 15.9 Å². The van der Waals surface area contributed by atoms with E-state index in [0.717, 1.165) is 4.31 Å². The molecule has 0 unspecified atom stereocenters. The first-order valence-corrected chi connectivity index (χ1v) is 12.0. The van der Waals surface area contributed by atoms with Crippen LogP contribution in [0.4, 0.5) is 11.4 Å². The fourth-order valence-corrected chi connectivity index (χ4v) is 4.68. The maximum atomic E-state index is 13.3. The zero-order valence-electron chi connectivity index (χ0n) is 18.1. The van der Waals surface area contributed by atoms with Gasteiger partial charge in [-0.2, -0.15) is 5.10 Å². The molecule has 0 radical (unpaired) electrons. The van der Waals surface area contributed by atoms with Gasteiger partial charge < -0.3 is 4.74 Å². The third-order valence-corrected chi connectivity index (χ3v) is 6.86. The van der Waals surface area contributed by atoms with Crippen LogP contribution in [0.2, 0.25) is 10.0 Å². The van der Waals surface area contributed by atoms with E-state index in [1.807, 2.05) is 0 Å². The Kier molecular flexibility index (Phi) is 8.28. The van der Waals surface area contributed by atoms with Crippen LogP contribution in [-0.2, 0) is 14.8 Å². The van der Waals surface area contributed by atoms with Gasteiger partial charge >= 0.3 is 5.69 Å². The first kappa shape index (κ1) is 25.9. The number of ether oxygens (including phenoxy) is 1. The van der Waals surface area contributed by atoms with Crippen molar-refractivity contribution >= 4 is 56.7 Å². The molecule has 1 amide bonds. The van der Waals surface area contributed by atoms with Gasteiger partial charge in [0.1, 0.15) is 6.54 Å². The lowest BCUT2D eigenvalue weighted by Gasteiger charge is -2.23. The lowest BCUT2D eigenvalue weighted by molar-refractivity contribution is -0.385. The molecule has 0 saturated heterocycles. The molecule has 35 heavy (non-hydrogen) atoms. The van der Waals surface area contributed by atoms with E-state index >= 15 is 0 Å². The lowest BCUT2D eigenvalue weighted by atomic mass is 10.2. The molecule has 0 spiro atoms. The van der Waals surface area contributed by atoms with E-state index in [1.165, 1.54) is 67.9 Å². The number of carbonyl (C=O) groups is 1. The van der Waals surface area contributed by atoms with Crippen LogP contribution in [0, 0.1) is 10.1 Å². The molecule has 0 saturated carbocycles. The van der Waals surface area contributed by atoms with Crippen molar-refractivity contribution in [3.05, 3.63) is 92.5 Å². The number of hydrogen-bond donors (Lipinski definition) is 1. The molecule has 182 valence electrons. The van der Waals surface area contributed by atoms with Crippen molar-refractivity contribution in [2.45, 2.75) is 4.90 Å². The van der Waals surface area contributed by atoms with Crippen molar-refractivity contribution in [3.63, 3.8) is 0 Å². The molecule has 3 aromatic rings. The number of nitro benzene ring substituents is 1. The number of nitrogens with one attached hydrogen (secondary N) is 1. The summed E-state index contributed by atoms with van der Waals surface area (Å²) < 4.78 is 32.4. The maximum Gasteiger partial charge on any atom is 0.311 e. The van der Waals surface area contributed by atoms with E-state index in [-0.39, 0.29) is 27.0 Å². The third kappa shape index (κ3) is 6.47. The molecule has 3 rings (SSSR count). The Balaban J connectivity index is 1.83. The Morgan fingerprint density at radius 1 is 1.11 bits per heavy atom. The number of amides is 1. The number of methoxy groups -OCH3 is 1. The van der Waals surface area contributed by atoms with Gasteiger partial charge in [0.15, 0.2) is 5.75 Å². The van der Waals surface area contributed by atoms with Crippen LogP contribution in [0.15, 0.2) is 76.7 Å². The highest BCUT2D eigenvalue weighted by molar-refractivity contribution is 7.92. The quantitative estimate of drug-likeness (QED) is 0.247. The Morgan fingerprint density at radius 2 is 1.83 bits per heavy atom. The predicted octanol–water partition coefficient (Wildman–Crippen LogP) is 4.26. The molecule has 0 aliphatic carbocycles. The number of halogens is 2. The third-order valence-electron chi connectivity index (χ3n) is 4.59. The van der Waals surface area contributed by atoms with Crippen LogP contribution < -0.4 is 14.5 Å². The summed E-state index contributed by atoms with van der Waals surface area (Å²) in [5.41, 5.74) is 2.43. The van der Waals surface area contributed by atoms with E-state index in [0.29, 0.717) is 10.6 Å². The molecule has 0 bridgehead atoms. The topological polar surface area (TPSA) is 131 Å². The number of sulfonamides is 1. The number of benzene rings is 3. The first-order valence-electron chi connectivity index (χ1n) is 9.80. The number of rotatable bonds is 9. The normalized spacial score (nSPS) is 11.3. The Labute approximate surface area is 210 Å². The van der Waals surface area contributed by atoms with E-state index in [4.69, 9.17) is 27.9 Å². The smallest absolute Gasteiger partial charge is 0.311 e. The largest absolute Gasteiger partial charge is 0.490 e. The van der Waals surface area contributed by atoms with Gasteiger partial charge in [0, 0.05) is 21.7 Å². The van der Waals surface area contributed by atoms with Crippen LogP contribution in [-0.4, -0.2) is 39.1 Å². The average Bonchev–Trinajstić information content (AvgIpc) is 2.82. The minimum absolute atomic E-state index is 0.0701. The Bertz CT molecular complexity index is 1380. The summed E-state index contributed by atoms with van der Waals surface area (Å²) in [7, 11) is -2.86. The highest BCUT2D eigenvalue weighted by Crippen LogP contribution is 2.28. The summed E-state index contributed by atoms with van der Waals surface area (Å²) >= 11 is 11.9. The van der Waals surface area contributed by atoms with Crippen LogP contribution in [0.25, 0.3) is 0 Å². The standard InChI is InChI=1S/C22H18Cl2N4O6S/c1-34-21-10-5-15(11-20(21)28(30)31)13-25-26-22(29)14-27(18-4-2-3-17(24)12-18)35(32,33)19-8-6-16(23)7-9-19/h2-13H,14H2,1H3,(H,26,29)/b25-13-. The summed E-state index contributed by atoms with van der Waals surface area (Å²) in [5, 5.41) is 15.6. The van der Waals surface area contributed by atoms with E-state index in [2.05, 4.69) is 10.5 Å². The number of anilines is 1. The second-order valence-electron chi connectivity index (χ2n) is 6.93. The molecule has 3 aromatic carbocycles. The fraction of sp³-hybridized carbons (Fsp3) is 0.0909. The SMILES string of the molecule is COc1ccc(/C=N\NC(=O)CN(c2cccc(Cl)c2)S(=O)(=O)c2ccc(Cl)cc2)cc1[N+](=O)[O-]. The van der Waals surface area contributed by atoms with Gasteiger partial charge in [-0.1, -0.05) is 29.3 Å². The Morgan fingerprint density at radius 3 is 2.46 bits per heavy atom. The number of hydrazone groups is 1. The number of nitrogens with zero attached hydrogens (tertiary/aromatic N) is 3. The molecule has 0 aliphatic rings. The van der Waals surface area contributed by atoms with Crippen LogP contribution in [0.3, 0.4) is 0 Å². The number of hydrogen-bond acceptors (Lipinski definition) is 7. The molecule has 0 heterocycles. The van der Waals surface area contributed by atoms with Crippen molar-refractivity contribution in [2.75, 3.05) is 18.0 Å². The predicted molar refractivity (Wildman–Crippen MR) is 133 cm³/mol. The molecule has 10 nitrogen and oxygen atoms in total. The van der Waals surface area contributed by atoms with Crippen LogP contribution in [0.1, 0.15) is 5.56 Å².